The summed E-state index contributed by atoms with van der Waals surface area (Å²) in [6.45, 7) is 2.17. The van der Waals surface area contributed by atoms with Crippen molar-refractivity contribution in [1.29, 1.82) is 0 Å². The minimum atomic E-state index is -0.956. The molecule has 2 aliphatic rings. The monoisotopic (exact) mass is 539 g/mol. The molecule has 0 fully saturated rings. The van der Waals surface area contributed by atoms with E-state index in [9.17, 15) is 9.18 Å². The lowest BCUT2D eigenvalue weighted by atomic mass is 9.93. The molecule has 0 bridgehead atoms. The first-order valence-electron chi connectivity index (χ1n) is 12.4. The fourth-order valence-electron chi connectivity index (χ4n) is 5.23. The molecule has 1 aromatic carbocycles. The number of imidazole rings is 1. The number of ether oxygens (including phenoxy) is 1. The highest BCUT2D eigenvalue weighted by atomic mass is 35.5. The molecular weight excluding hydrogens is 516 g/mol. The summed E-state index contributed by atoms with van der Waals surface area (Å²) in [5.41, 5.74) is 2.30. The molecule has 196 valence electrons. The highest BCUT2D eigenvalue weighted by Gasteiger charge is 2.39. The molecule has 0 spiro atoms. The number of hydrogen-bond acceptors (Lipinski definition) is 6. The zero-order valence-electron chi connectivity index (χ0n) is 20.6. The van der Waals surface area contributed by atoms with Crippen molar-refractivity contribution in [3.05, 3.63) is 81.9 Å². The van der Waals surface area contributed by atoms with Gasteiger partial charge in [-0.15, -0.1) is 0 Å². The maximum atomic E-state index is 15.4. The summed E-state index contributed by atoms with van der Waals surface area (Å²) in [5, 5.41) is 0.0440. The fourth-order valence-corrected chi connectivity index (χ4v) is 5.44. The van der Waals surface area contributed by atoms with Crippen molar-refractivity contribution in [3.8, 4) is 17.3 Å². The van der Waals surface area contributed by atoms with Crippen molar-refractivity contribution in [2.75, 3.05) is 13.2 Å². The van der Waals surface area contributed by atoms with Crippen molar-refractivity contribution >= 4 is 17.5 Å². The Morgan fingerprint density at radius 3 is 2.79 bits per heavy atom. The van der Waals surface area contributed by atoms with Gasteiger partial charge in [-0.05, 0) is 37.5 Å². The van der Waals surface area contributed by atoms with E-state index in [1.807, 2.05) is 0 Å². The predicted octanol–water partition coefficient (Wildman–Crippen LogP) is 5.06. The van der Waals surface area contributed by atoms with E-state index in [1.165, 1.54) is 25.5 Å². The Hall–Kier alpha value is -3.79. The van der Waals surface area contributed by atoms with Gasteiger partial charge in [-0.3, -0.25) is 4.79 Å². The number of rotatable bonds is 5. The van der Waals surface area contributed by atoms with Crippen LogP contribution in [0.1, 0.15) is 47.2 Å². The highest BCUT2D eigenvalue weighted by molar-refractivity contribution is 6.31. The van der Waals surface area contributed by atoms with Gasteiger partial charge in [-0.25, -0.2) is 23.7 Å². The second kappa shape index (κ2) is 9.83. The summed E-state index contributed by atoms with van der Waals surface area (Å²) in [6, 6.07) is 5.47. The molecule has 2 aliphatic heterocycles. The number of fused-ring (bicyclic) bond motifs is 3. The lowest BCUT2D eigenvalue weighted by Crippen LogP contribution is -2.44. The van der Waals surface area contributed by atoms with E-state index in [4.69, 9.17) is 25.7 Å². The van der Waals surface area contributed by atoms with Crippen molar-refractivity contribution in [3.63, 3.8) is 0 Å². The van der Waals surface area contributed by atoms with E-state index in [0.717, 1.165) is 43.0 Å². The Balaban J connectivity index is 1.31. The molecule has 1 amide bonds. The number of aryl methyl sites for hydroxylation is 2. The predicted molar refractivity (Wildman–Crippen MR) is 134 cm³/mol. The molecule has 38 heavy (non-hydrogen) atoms. The highest BCUT2D eigenvalue weighted by Crippen LogP contribution is 2.39. The van der Waals surface area contributed by atoms with Crippen LogP contribution in [0.4, 0.5) is 8.78 Å². The zero-order valence-corrected chi connectivity index (χ0v) is 21.3. The van der Waals surface area contributed by atoms with E-state index in [-0.39, 0.29) is 34.5 Å². The third-order valence-electron chi connectivity index (χ3n) is 7.09. The van der Waals surface area contributed by atoms with Gasteiger partial charge in [0.1, 0.15) is 23.8 Å². The molecule has 1 unspecified atom stereocenters. The quantitative estimate of drug-likeness (QED) is 0.329. The molecule has 1 atom stereocenters. The second-order valence-electron chi connectivity index (χ2n) is 9.42. The summed E-state index contributed by atoms with van der Waals surface area (Å²) >= 11 is 6.29. The first-order chi connectivity index (χ1) is 18.4. The Labute approximate surface area is 222 Å². The summed E-state index contributed by atoms with van der Waals surface area (Å²) in [7, 11) is 0. The van der Waals surface area contributed by atoms with Crippen LogP contribution in [0.25, 0.3) is 11.6 Å². The number of pyridine rings is 1. The number of nitrogens with zero attached hydrogens (tertiary/aromatic N) is 5. The first-order valence-corrected chi connectivity index (χ1v) is 12.8. The molecule has 6 rings (SSSR count). The molecule has 4 aromatic rings. The van der Waals surface area contributed by atoms with E-state index < -0.39 is 17.7 Å². The van der Waals surface area contributed by atoms with Crippen LogP contribution in [0, 0.1) is 18.6 Å². The Morgan fingerprint density at radius 2 is 2.00 bits per heavy atom. The molecule has 0 aliphatic carbocycles. The van der Waals surface area contributed by atoms with Gasteiger partial charge in [-0.2, -0.15) is 0 Å². The SMILES string of the molecule is Cc1ccc(C2c3c(nc4n3CCCC4)CCN2C(=O)COc2ccc(-c3ncco3)nc2Cl)c(F)c1F. The molecule has 0 saturated carbocycles. The molecule has 0 radical (unpaired) electrons. The van der Waals surface area contributed by atoms with Crippen LogP contribution in [0.2, 0.25) is 5.15 Å². The van der Waals surface area contributed by atoms with Crippen LogP contribution in [-0.2, 0) is 24.2 Å². The average molecular weight is 540 g/mol. The van der Waals surface area contributed by atoms with Crippen molar-refractivity contribution in [1.82, 2.24) is 24.4 Å². The van der Waals surface area contributed by atoms with E-state index in [2.05, 4.69) is 14.5 Å². The van der Waals surface area contributed by atoms with Gasteiger partial charge in [0.25, 0.3) is 5.91 Å². The van der Waals surface area contributed by atoms with Crippen LogP contribution < -0.4 is 4.74 Å². The lowest BCUT2D eigenvalue weighted by molar-refractivity contribution is -0.135. The average Bonchev–Trinajstić information content (AvgIpc) is 3.59. The van der Waals surface area contributed by atoms with Gasteiger partial charge in [0.15, 0.2) is 29.1 Å². The number of carbonyl (C=O) groups is 1. The standard InChI is InChI=1S/C27H24ClF2N5O3/c1-15-5-6-16(23(30)22(15)29)24-25-17(32-20-4-2-3-11-34(20)25)9-12-35(24)21(36)14-38-19-8-7-18(33-26(19)28)27-31-10-13-37-27/h5-8,10,13,24H,2-4,9,11-12,14H2,1H3. The summed E-state index contributed by atoms with van der Waals surface area (Å²) in [4.78, 5) is 28.2. The molecule has 0 N–H and O–H groups in total. The van der Waals surface area contributed by atoms with Crippen molar-refractivity contribution in [2.24, 2.45) is 0 Å². The normalized spacial score (nSPS) is 16.7. The largest absolute Gasteiger partial charge is 0.481 e. The molecule has 3 aromatic heterocycles. The zero-order chi connectivity index (χ0) is 26.4. The maximum absolute atomic E-state index is 15.4. The summed E-state index contributed by atoms with van der Waals surface area (Å²) < 4.78 is 43.1. The van der Waals surface area contributed by atoms with Gasteiger partial charge in [0.2, 0.25) is 5.89 Å². The Bertz CT molecular complexity index is 1520. The molecule has 11 heteroatoms. The van der Waals surface area contributed by atoms with Gasteiger partial charge >= 0.3 is 0 Å². The summed E-state index contributed by atoms with van der Waals surface area (Å²) in [5.74, 6) is -0.825. The van der Waals surface area contributed by atoms with Crippen LogP contribution in [0.5, 0.6) is 5.75 Å². The van der Waals surface area contributed by atoms with Gasteiger partial charge in [0, 0.05) is 31.5 Å². The molecular formula is C27H24ClF2N5O3. The maximum Gasteiger partial charge on any atom is 0.261 e. The molecule has 0 saturated heterocycles. The van der Waals surface area contributed by atoms with Gasteiger partial charge in [-0.1, -0.05) is 23.7 Å². The number of carbonyl (C=O) groups excluding carboxylic acids is 1. The fraction of sp³-hybridized carbons (Fsp3) is 0.333. The smallest absolute Gasteiger partial charge is 0.261 e. The topological polar surface area (TPSA) is 86.3 Å². The van der Waals surface area contributed by atoms with Crippen molar-refractivity contribution < 1.29 is 22.7 Å². The third kappa shape index (κ3) is 4.22. The number of amides is 1. The number of benzene rings is 1. The van der Waals surface area contributed by atoms with E-state index in [0.29, 0.717) is 24.6 Å². The minimum absolute atomic E-state index is 0.0440. The summed E-state index contributed by atoms with van der Waals surface area (Å²) in [6.07, 6.45) is 6.23. The lowest BCUT2D eigenvalue weighted by Gasteiger charge is -2.37. The number of hydrogen-bond donors (Lipinski definition) is 0. The number of aromatic nitrogens is 4. The minimum Gasteiger partial charge on any atom is -0.481 e. The van der Waals surface area contributed by atoms with Gasteiger partial charge in [0.05, 0.1) is 17.6 Å². The van der Waals surface area contributed by atoms with Crippen LogP contribution in [0.3, 0.4) is 0 Å². The first kappa shape index (κ1) is 24.5. The van der Waals surface area contributed by atoms with E-state index >= 15 is 4.39 Å². The number of halogens is 3. The Kier molecular flexibility index (Phi) is 6.35. The van der Waals surface area contributed by atoms with E-state index in [1.54, 1.807) is 23.1 Å². The second-order valence-corrected chi connectivity index (χ2v) is 9.78. The molecule has 8 nitrogen and oxygen atoms in total. The van der Waals surface area contributed by atoms with Crippen LogP contribution in [-0.4, -0.2) is 43.5 Å². The van der Waals surface area contributed by atoms with Gasteiger partial charge < -0.3 is 18.6 Å². The van der Waals surface area contributed by atoms with Crippen molar-refractivity contribution in [2.45, 2.75) is 45.2 Å². The molecule has 5 heterocycles. The number of oxazole rings is 1. The Morgan fingerprint density at radius 1 is 1.13 bits per heavy atom. The van der Waals surface area contributed by atoms with Crippen LogP contribution >= 0.6 is 11.6 Å². The van der Waals surface area contributed by atoms with Crippen LogP contribution in [0.15, 0.2) is 41.1 Å². The third-order valence-corrected chi connectivity index (χ3v) is 7.36.